The van der Waals surface area contributed by atoms with Crippen molar-refractivity contribution in [3.8, 4) is 0 Å². The van der Waals surface area contributed by atoms with Crippen molar-refractivity contribution in [1.82, 2.24) is 0 Å². The Balaban J connectivity index is 2.15. The Hall–Kier alpha value is -1.46. The second kappa shape index (κ2) is 5.14. The first-order valence-electron chi connectivity index (χ1n) is 5.96. The van der Waals surface area contributed by atoms with E-state index in [1.54, 1.807) is 30.3 Å². The molecule has 0 unspecified atom stereocenters. The van der Waals surface area contributed by atoms with E-state index in [-0.39, 0.29) is 15.6 Å². The van der Waals surface area contributed by atoms with Gasteiger partial charge in [0.05, 0.1) is 20.6 Å². The van der Waals surface area contributed by atoms with Crippen molar-refractivity contribution in [3.63, 3.8) is 0 Å². The number of carbonyl (C=O) groups excluding carboxylic acids is 2. The fraction of sp³-hybridized carbons (Fsp3) is 0.0667. The standard InChI is InChI=1S/C15H9Br2NO2/c16-13(17)11-7-3-4-8-12(11)18-14(19)9-5-1-2-6-10(9)15(18)20/h1-8,13H. The number of rotatable bonds is 2. The van der Waals surface area contributed by atoms with Gasteiger partial charge in [-0.15, -0.1) is 0 Å². The summed E-state index contributed by atoms with van der Waals surface area (Å²) < 4.78 is -0.129. The molecule has 1 aliphatic heterocycles. The Morgan fingerprint density at radius 3 is 1.85 bits per heavy atom. The molecule has 0 bridgehead atoms. The zero-order valence-electron chi connectivity index (χ0n) is 10.2. The van der Waals surface area contributed by atoms with E-state index in [1.807, 2.05) is 18.2 Å². The summed E-state index contributed by atoms with van der Waals surface area (Å²) in [5, 5.41) is 0. The third-order valence-corrected chi connectivity index (χ3v) is 4.19. The van der Waals surface area contributed by atoms with E-state index in [1.165, 1.54) is 4.90 Å². The fourth-order valence-corrected chi connectivity index (χ4v) is 3.06. The van der Waals surface area contributed by atoms with Gasteiger partial charge in [-0.2, -0.15) is 0 Å². The summed E-state index contributed by atoms with van der Waals surface area (Å²) in [6.07, 6.45) is 0. The molecule has 3 rings (SSSR count). The van der Waals surface area contributed by atoms with Gasteiger partial charge in [0.15, 0.2) is 0 Å². The highest BCUT2D eigenvalue weighted by molar-refractivity contribution is 9.24. The van der Waals surface area contributed by atoms with Crippen LogP contribution in [0.4, 0.5) is 5.69 Å². The van der Waals surface area contributed by atoms with Crippen LogP contribution in [0.1, 0.15) is 30.0 Å². The van der Waals surface area contributed by atoms with Crippen molar-refractivity contribution < 1.29 is 9.59 Å². The van der Waals surface area contributed by atoms with Crippen LogP contribution in [0.5, 0.6) is 0 Å². The van der Waals surface area contributed by atoms with Crippen molar-refractivity contribution in [3.05, 3.63) is 65.2 Å². The number of hydrogen-bond acceptors (Lipinski definition) is 2. The Bertz CT molecular complexity index is 678. The maximum atomic E-state index is 12.5. The lowest BCUT2D eigenvalue weighted by Gasteiger charge is -2.18. The van der Waals surface area contributed by atoms with Crippen molar-refractivity contribution in [2.24, 2.45) is 0 Å². The van der Waals surface area contributed by atoms with Crippen LogP contribution in [0, 0.1) is 0 Å². The molecule has 0 spiro atoms. The van der Waals surface area contributed by atoms with Gasteiger partial charge in [-0.3, -0.25) is 9.59 Å². The van der Waals surface area contributed by atoms with Crippen LogP contribution < -0.4 is 4.90 Å². The Morgan fingerprint density at radius 2 is 1.30 bits per heavy atom. The van der Waals surface area contributed by atoms with Crippen LogP contribution in [0.3, 0.4) is 0 Å². The molecular weight excluding hydrogens is 386 g/mol. The highest BCUT2D eigenvalue weighted by atomic mass is 79.9. The summed E-state index contributed by atoms with van der Waals surface area (Å²) in [5.41, 5.74) is 2.33. The van der Waals surface area contributed by atoms with E-state index in [9.17, 15) is 9.59 Å². The predicted octanol–water partition coefficient (Wildman–Crippen LogP) is 4.28. The lowest BCUT2D eigenvalue weighted by Crippen LogP contribution is -2.30. The minimum Gasteiger partial charge on any atom is -0.268 e. The van der Waals surface area contributed by atoms with Crippen LogP contribution in [0.15, 0.2) is 48.5 Å². The number of halogens is 2. The maximum Gasteiger partial charge on any atom is 0.266 e. The third kappa shape index (κ3) is 2.01. The van der Waals surface area contributed by atoms with Crippen LogP contribution in [-0.4, -0.2) is 11.8 Å². The molecule has 1 aliphatic rings. The number of para-hydroxylation sites is 1. The highest BCUT2D eigenvalue weighted by Gasteiger charge is 2.37. The topological polar surface area (TPSA) is 37.4 Å². The molecule has 5 heteroatoms. The monoisotopic (exact) mass is 393 g/mol. The van der Waals surface area contributed by atoms with Crippen LogP contribution in [0.25, 0.3) is 0 Å². The van der Waals surface area contributed by atoms with Gasteiger partial charge in [0.2, 0.25) is 0 Å². The molecule has 2 aromatic rings. The van der Waals surface area contributed by atoms with E-state index in [0.29, 0.717) is 16.8 Å². The average molecular weight is 395 g/mol. The van der Waals surface area contributed by atoms with E-state index in [0.717, 1.165) is 5.56 Å². The third-order valence-electron chi connectivity index (χ3n) is 3.21. The zero-order valence-corrected chi connectivity index (χ0v) is 13.4. The van der Waals surface area contributed by atoms with E-state index in [2.05, 4.69) is 31.9 Å². The minimum absolute atomic E-state index is 0.129. The molecule has 0 radical (unpaired) electrons. The lowest BCUT2D eigenvalue weighted by molar-refractivity contribution is 0.0926. The predicted molar refractivity (Wildman–Crippen MR) is 84.6 cm³/mol. The number of carbonyl (C=O) groups is 2. The SMILES string of the molecule is O=C1c2ccccc2C(=O)N1c1ccccc1C(Br)Br. The summed E-state index contributed by atoms with van der Waals surface area (Å²) in [6, 6.07) is 14.2. The van der Waals surface area contributed by atoms with Gasteiger partial charge in [-0.05, 0) is 18.2 Å². The number of amides is 2. The number of imide groups is 1. The first-order valence-corrected chi connectivity index (χ1v) is 7.79. The van der Waals surface area contributed by atoms with Gasteiger partial charge >= 0.3 is 0 Å². The van der Waals surface area contributed by atoms with Gasteiger partial charge in [0, 0.05) is 5.56 Å². The molecule has 0 atom stereocenters. The summed E-state index contributed by atoms with van der Waals surface area (Å²) >= 11 is 6.85. The highest BCUT2D eigenvalue weighted by Crippen LogP contribution is 2.38. The fourth-order valence-electron chi connectivity index (χ4n) is 2.28. The van der Waals surface area contributed by atoms with Crippen LogP contribution in [0.2, 0.25) is 0 Å². The zero-order chi connectivity index (χ0) is 14.3. The van der Waals surface area contributed by atoms with Crippen molar-refractivity contribution in [1.29, 1.82) is 0 Å². The van der Waals surface area contributed by atoms with E-state index >= 15 is 0 Å². The smallest absolute Gasteiger partial charge is 0.266 e. The summed E-state index contributed by atoms with van der Waals surface area (Å²) in [6.45, 7) is 0. The number of hydrogen-bond donors (Lipinski definition) is 0. The lowest BCUT2D eigenvalue weighted by atomic mass is 10.1. The number of fused-ring (bicyclic) bond motifs is 1. The average Bonchev–Trinajstić information content (AvgIpc) is 2.71. The van der Waals surface area contributed by atoms with Gasteiger partial charge in [-0.25, -0.2) is 4.90 Å². The molecule has 1 heterocycles. The maximum absolute atomic E-state index is 12.5. The second-order valence-electron chi connectivity index (χ2n) is 4.35. The van der Waals surface area contributed by atoms with Gasteiger partial charge in [0.1, 0.15) is 0 Å². The van der Waals surface area contributed by atoms with Crippen molar-refractivity contribution >= 4 is 49.4 Å². The molecule has 0 fully saturated rings. The quantitative estimate of drug-likeness (QED) is 0.563. The normalized spacial score (nSPS) is 14.1. The molecular formula is C15H9Br2NO2. The molecule has 0 N–H and O–H groups in total. The summed E-state index contributed by atoms with van der Waals surface area (Å²) in [4.78, 5) is 26.1. The molecule has 0 aliphatic carbocycles. The largest absolute Gasteiger partial charge is 0.268 e. The molecule has 0 aromatic heterocycles. The minimum atomic E-state index is -0.279. The van der Waals surface area contributed by atoms with Gasteiger partial charge < -0.3 is 0 Å². The number of nitrogens with zero attached hydrogens (tertiary/aromatic N) is 1. The molecule has 0 saturated carbocycles. The first kappa shape index (κ1) is 13.5. The Labute approximate surface area is 132 Å². The molecule has 100 valence electrons. The summed E-state index contributed by atoms with van der Waals surface area (Å²) in [7, 11) is 0. The molecule has 0 saturated heterocycles. The van der Waals surface area contributed by atoms with Gasteiger partial charge in [0.25, 0.3) is 11.8 Å². The van der Waals surface area contributed by atoms with Crippen molar-refractivity contribution in [2.45, 2.75) is 3.74 Å². The first-order chi connectivity index (χ1) is 9.61. The van der Waals surface area contributed by atoms with Crippen molar-refractivity contribution in [2.75, 3.05) is 4.90 Å². The van der Waals surface area contributed by atoms with E-state index < -0.39 is 0 Å². The Kier molecular flexibility index (Phi) is 3.48. The number of alkyl halides is 2. The molecule has 2 amide bonds. The van der Waals surface area contributed by atoms with Gasteiger partial charge in [-0.1, -0.05) is 62.2 Å². The van der Waals surface area contributed by atoms with Crippen LogP contribution in [-0.2, 0) is 0 Å². The molecule has 3 nitrogen and oxygen atoms in total. The Morgan fingerprint density at radius 1 is 0.800 bits per heavy atom. The molecule has 20 heavy (non-hydrogen) atoms. The molecule has 2 aromatic carbocycles. The van der Waals surface area contributed by atoms with Crippen LogP contribution >= 0.6 is 31.9 Å². The number of anilines is 1. The summed E-state index contributed by atoms with van der Waals surface area (Å²) in [5.74, 6) is -0.558. The van der Waals surface area contributed by atoms with E-state index in [4.69, 9.17) is 0 Å². The second-order valence-corrected chi connectivity index (χ2v) is 7.41. The number of benzene rings is 2.